The van der Waals surface area contributed by atoms with Gasteiger partial charge in [-0.2, -0.15) is 0 Å². The van der Waals surface area contributed by atoms with Crippen LogP contribution >= 0.6 is 34.8 Å². The molecule has 0 fully saturated rings. The van der Waals surface area contributed by atoms with Gasteiger partial charge in [-0.05, 0) is 5.92 Å². The van der Waals surface area contributed by atoms with E-state index in [-0.39, 0.29) is 11.7 Å². The molecule has 7 heteroatoms. The summed E-state index contributed by atoms with van der Waals surface area (Å²) in [5.41, 5.74) is 0.491. The highest BCUT2D eigenvalue weighted by Gasteiger charge is 2.28. The van der Waals surface area contributed by atoms with Crippen LogP contribution in [0.25, 0.3) is 0 Å². The molecule has 0 radical (unpaired) electrons. The van der Waals surface area contributed by atoms with Crippen molar-refractivity contribution in [3.8, 4) is 0 Å². The predicted molar refractivity (Wildman–Crippen MR) is 66.5 cm³/mol. The number of aromatic nitrogens is 2. The third-order valence-corrected chi connectivity index (χ3v) is 2.72. The summed E-state index contributed by atoms with van der Waals surface area (Å²) >= 11 is 16.8. The second-order valence-electron chi connectivity index (χ2n) is 3.90. The van der Waals surface area contributed by atoms with Crippen molar-refractivity contribution in [2.45, 2.75) is 23.6 Å². The molecule has 0 aromatic carbocycles. The first-order chi connectivity index (χ1) is 7.73. The number of carbonyl (C=O) groups is 1. The van der Waals surface area contributed by atoms with E-state index in [4.69, 9.17) is 39.9 Å². The van der Waals surface area contributed by atoms with Gasteiger partial charge in [0.25, 0.3) is 0 Å². The number of nitrogens with zero attached hydrogens (tertiary/aromatic N) is 2. The predicted octanol–water partition coefficient (Wildman–Crippen LogP) is 3.13. The Morgan fingerprint density at radius 3 is 2.06 bits per heavy atom. The Morgan fingerprint density at radius 2 is 1.76 bits per heavy atom. The molecular formula is C10H11Cl3N2O2. The van der Waals surface area contributed by atoms with E-state index in [1.54, 1.807) is 0 Å². The Morgan fingerprint density at radius 1 is 1.29 bits per heavy atom. The number of rotatable bonds is 3. The molecule has 94 valence electrons. The quantitative estimate of drug-likeness (QED) is 0.871. The Labute approximate surface area is 114 Å². The molecule has 0 aliphatic carbocycles. The van der Waals surface area contributed by atoms with Crippen LogP contribution in [-0.2, 0) is 8.59 Å². The van der Waals surface area contributed by atoms with Gasteiger partial charge in [0, 0.05) is 18.0 Å². The lowest BCUT2D eigenvalue weighted by Gasteiger charge is -2.16. The van der Waals surface area contributed by atoms with Crippen LogP contribution < -0.4 is 0 Å². The van der Waals surface area contributed by atoms with E-state index in [0.29, 0.717) is 5.56 Å². The van der Waals surface area contributed by atoms with E-state index in [2.05, 4.69) is 9.97 Å². The number of carboxylic acids is 1. The summed E-state index contributed by atoms with van der Waals surface area (Å²) in [6.45, 7) is 3.61. The van der Waals surface area contributed by atoms with Gasteiger partial charge in [-0.3, -0.25) is 4.79 Å². The topological polar surface area (TPSA) is 63.1 Å². The molecule has 4 nitrogen and oxygen atoms in total. The van der Waals surface area contributed by atoms with Crippen molar-refractivity contribution >= 4 is 40.8 Å². The number of hydrogen-bond acceptors (Lipinski definition) is 3. The molecule has 0 saturated carbocycles. The van der Waals surface area contributed by atoms with Gasteiger partial charge in [0.2, 0.25) is 3.79 Å². The van der Waals surface area contributed by atoms with Crippen LogP contribution in [0.1, 0.15) is 31.2 Å². The minimum Gasteiger partial charge on any atom is -0.481 e. The first-order valence-electron chi connectivity index (χ1n) is 4.85. The van der Waals surface area contributed by atoms with Crippen molar-refractivity contribution in [1.29, 1.82) is 0 Å². The van der Waals surface area contributed by atoms with Crippen molar-refractivity contribution in [3.05, 3.63) is 23.8 Å². The standard InChI is InChI=1S/C10H11Cl3N2O2/c1-5(2)7(8(16)17)6-3-14-9(15-4-6)10(11,12)13/h3-5,7H,1-2H3,(H,16,17). The summed E-state index contributed by atoms with van der Waals surface area (Å²) in [6.07, 6.45) is 2.76. The highest BCUT2D eigenvalue weighted by Crippen LogP contribution is 2.36. The molecule has 1 aromatic rings. The lowest BCUT2D eigenvalue weighted by molar-refractivity contribution is -0.139. The smallest absolute Gasteiger partial charge is 0.311 e. The van der Waals surface area contributed by atoms with Gasteiger partial charge in [-0.25, -0.2) is 9.97 Å². The fraction of sp³-hybridized carbons (Fsp3) is 0.500. The first-order valence-corrected chi connectivity index (χ1v) is 5.98. The lowest BCUT2D eigenvalue weighted by atomic mass is 9.90. The first kappa shape index (κ1) is 14.5. The van der Waals surface area contributed by atoms with Gasteiger partial charge < -0.3 is 5.11 Å². The average Bonchev–Trinajstić information content (AvgIpc) is 2.15. The van der Waals surface area contributed by atoms with E-state index in [1.807, 2.05) is 13.8 Å². The molecule has 1 rings (SSSR count). The molecule has 1 heterocycles. The van der Waals surface area contributed by atoms with Crippen LogP contribution in [0.15, 0.2) is 12.4 Å². The van der Waals surface area contributed by atoms with Gasteiger partial charge in [-0.1, -0.05) is 48.7 Å². The van der Waals surface area contributed by atoms with Crippen LogP contribution in [0.4, 0.5) is 0 Å². The SMILES string of the molecule is CC(C)C(C(=O)O)c1cnc(C(Cl)(Cl)Cl)nc1. The summed E-state index contributed by atoms with van der Waals surface area (Å²) in [5.74, 6) is -1.64. The zero-order valence-corrected chi connectivity index (χ0v) is 11.5. The zero-order valence-electron chi connectivity index (χ0n) is 9.19. The normalized spacial score (nSPS) is 13.8. The third-order valence-electron chi connectivity index (χ3n) is 2.22. The summed E-state index contributed by atoms with van der Waals surface area (Å²) in [5, 5.41) is 9.09. The van der Waals surface area contributed by atoms with Crippen molar-refractivity contribution < 1.29 is 9.90 Å². The molecule has 1 N–H and O–H groups in total. The fourth-order valence-electron chi connectivity index (χ4n) is 1.46. The van der Waals surface area contributed by atoms with Gasteiger partial charge in [-0.15, -0.1) is 0 Å². The number of hydrogen-bond donors (Lipinski definition) is 1. The molecule has 1 aromatic heterocycles. The maximum atomic E-state index is 11.1. The van der Waals surface area contributed by atoms with Gasteiger partial charge >= 0.3 is 5.97 Å². The minimum absolute atomic E-state index is 0.0270. The van der Waals surface area contributed by atoms with E-state index < -0.39 is 15.7 Å². The summed E-state index contributed by atoms with van der Waals surface area (Å²) in [4.78, 5) is 18.8. The summed E-state index contributed by atoms with van der Waals surface area (Å²) < 4.78 is -1.70. The van der Waals surface area contributed by atoms with E-state index >= 15 is 0 Å². The maximum Gasteiger partial charge on any atom is 0.311 e. The Kier molecular flexibility index (Phi) is 4.58. The largest absolute Gasteiger partial charge is 0.481 e. The monoisotopic (exact) mass is 296 g/mol. The molecule has 0 spiro atoms. The van der Waals surface area contributed by atoms with Gasteiger partial charge in [0.1, 0.15) is 0 Å². The van der Waals surface area contributed by atoms with Crippen LogP contribution in [0, 0.1) is 5.92 Å². The van der Waals surface area contributed by atoms with Crippen molar-refractivity contribution in [2.24, 2.45) is 5.92 Å². The van der Waals surface area contributed by atoms with Gasteiger partial charge in [0.05, 0.1) is 5.92 Å². The second-order valence-corrected chi connectivity index (χ2v) is 6.18. The Balaban J connectivity index is 3.05. The van der Waals surface area contributed by atoms with E-state index in [1.165, 1.54) is 12.4 Å². The van der Waals surface area contributed by atoms with Gasteiger partial charge in [0.15, 0.2) is 5.82 Å². The van der Waals surface area contributed by atoms with Crippen LogP contribution in [0.2, 0.25) is 0 Å². The second kappa shape index (κ2) is 5.38. The molecule has 0 aliphatic rings. The molecule has 0 saturated heterocycles. The fourth-order valence-corrected chi connectivity index (χ4v) is 1.75. The molecule has 0 amide bonds. The van der Waals surface area contributed by atoms with Crippen molar-refractivity contribution in [3.63, 3.8) is 0 Å². The van der Waals surface area contributed by atoms with Crippen LogP contribution in [0.5, 0.6) is 0 Å². The molecular weight excluding hydrogens is 286 g/mol. The maximum absolute atomic E-state index is 11.1. The number of carboxylic acid groups (broad SMARTS) is 1. The third kappa shape index (κ3) is 3.69. The summed E-state index contributed by atoms with van der Waals surface area (Å²) in [7, 11) is 0. The van der Waals surface area contributed by atoms with Crippen molar-refractivity contribution in [2.75, 3.05) is 0 Å². The Hall–Kier alpha value is -0.580. The summed E-state index contributed by atoms with van der Waals surface area (Å²) in [6, 6.07) is 0. The average molecular weight is 298 g/mol. The van der Waals surface area contributed by atoms with Crippen molar-refractivity contribution in [1.82, 2.24) is 9.97 Å². The van der Waals surface area contributed by atoms with E-state index in [0.717, 1.165) is 0 Å². The Bertz CT molecular complexity index is 401. The highest BCUT2D eigenvalue weighted by atomic mass is 35.6. The van der Waals surface area contributed by atoms with Crippen LogP contribution in [0.3, 0.4) is 0 Å². The zero-order chi connectivity index (χ0) is 13.2. The number of aliphatic carboxylic acids is 1. The van der Waals surface area contributed by atoms with Crippen LogP contribution in [-0.4, -0.2) is 21.0 Å². The molecule has 0 bridgehead atoms. The molecule has 1 atom stereocenters. The molecule has 0 aliphatic heterocycles. The lowest BCUT2D eigenvalue weighted by Crippen LogP contribution is -2.19. The number of halogens is 3. The minimum atomic E-state index is -1.70. The molecule has 17 heavy (non-hydrogen) atoms. The number of alkyl halides is 3. The van der Waals surface area contributed by atoms with E-state index in [9.17, 15) is 4.79 Å². The molecule has 1 unspecified atom stereocenters. The highest BCUT2D eigenvalue weighted by molar-refractivity contribution is 6.66.